The molecule has 21 heavy (non-hydrogen) atoms. The van der Waals surface area contributed by atoms with Crippen molar-refractivity contribution in [3.8, 4) is 11.5 Å². The lowest BCUT2D eigenvalue weighted by molar-refractivity contribution is -0.138. The third kappa shape index (κ3) is 4.28. The smallest absolute Gasteiger partial charge is 0.304 e. The van der Waals surface area contributed by atoms with Gasteiger partial charge < -0.3 is 14.9 Å². The summed E-state index contributed by atoms with van der Waals surface area (Å²) in [4.78, 5) is 13.1. The van der Waals surface area contributed by atoms with E-state index in [0.717, 1.165) is 23.6 Å². The first kappa shape index (κ1) is 16.0. The van der Waals surface area contributed by atoms with Gasteiger partial charge in [-0.25, -0.2) is 0 Å². The first-order valence-electron chi connectivity index (χ1n) is 7.09. The second kappa shape index (κ2) is 7.56. The summed E-state index contributed by atoms with van der Waals surface area (Å²) in [5.74, 6) is 1.67. The van der Waals surface area contributed by atoms with Crippen molar-refractivity contribution in [1.29, 1.82) is 0 Å². The monoisotopic (exact) mass is 311 g/mol. The molecule has 1 aromatic rings. The minimum absolute atomic E-state index is 0.0106. The van der Waals surface area contributed by atoms with E-state index in [4.69, 9.17) is 9.84 Å². The van der Waals surface area contributed by atoms with Crippen LogP contribution in [0.4, 0.5) is 0 Å². The topological polar surface area (TPSA) is 70.0 Å². The highest BCUT2D eigenvalue weighted by Gasteiger charge is 2.26. The number of thioether (sulfide) groups is 1. The van der Waals surface area contributed by atoms with Crippen LogP contribution in [0.15, 0.2) is 18.2 Å². The largest absolute Gasteiger partial charge is 0.504 e. The van der Waals surface area contributed by atoms with Crippen LogP contribution in [-0.4, -0.2) is 51.8 Å². The summed E-state index contributed by atoms with van der Waals surface area (Å²) in [7, 11) is 0. The third-order valence-corrected chi connectivity index (χ3v) is 4.61. The van der Waals surface area contributed by atoms with E-state index < -0.39 is 5.97 Å². The van der Waals surface area contributed by atoms with Gasteiger partial charge in [-0.1, -0.05) is 12.1 Å². The molecular formula is C15H21NO4S. The van der Waals surface area contributed by atoms with Crippen LogP contribution in [-0.2, 0) is 11.3 Å². The van der Waals surface area contributed by atoms with Crippen LogP contribution in [0.25, 0.3) is 0 Å². The van der Waals surface area contributed by atoms with Crippen molar-refractivity contribution >= 4 is 17.7 Å². The summed E-state index contributed by atoms with van der Waals surface area (Å²) in [6, 6.07) is 5.46. The van der Waals surface area contributed by atoms with E-state index in [0.29, 0.717) is 18.9 Å². The van der Waals surface area contributed by atoms with Crippen LogP contribution >= 0.6 is 11.8 Å². The number of rotatable bonds is 6. The SMILES string of the molecule is CCOc1cccc(CN2CCSCC2CC(=O)O)c1O. The highest BCUT2D eigenvalue weighted by atomic mass is 32.2. The van der Waals surface area contributed by atoms with Crippen LogP contribution in [0.1, 0.15) is 18.9 Å². The lowest BCUT2D eigenvalue weighted by atomic mass is 10.1. The fourth-order valence-corrected chi connectivity index (χ4v) is 3.60. The van der Waals surface area contributed by atoms with Gasteiger partial charge in [-0.15, -0.1) is 0 Å². The highest BCUT2D eigenvalue weighted by molar-refractivity contribution is 7.99. The number of hydrogen-bond acceptors (Lipinski definition) is 5. The standard InChI is InChI=1S/C15H21NO4S/c1-2-20-13-5-3-4-11(15(13)19)9-16-6-7-21-10-12(16)8-14(17)18/h3-5,12,19H,2,6-10H2,1H3,(H,17,18). The number of nitrogens with zero attached hydrogens (tertiary/aromatic N) is 1. The number of aromatic hydroxyl groups is 1. The van der Waals surface area contributed by atoms with Crippen molar-refractivity contribution in [1.82, 2.24) is 4.90 Å². The Hall–Kier alpha value is -1.40. The van der Waals surface area contributed by atoms with E-state index in [1.54, 1.807) is 17.8 Å². The van der Waals surface area contributed by atoms with E-state index in [9.17, 15) is 9.90 Å². The quantitative estimate of drug-likeness (QED) is 0.839. The second-order valence-electron chi connectivity index (χ2n) is 4.99. The highest BCUT2D eigenvalue weighted by Crippen LogP contribution is 2.32. The summed E-state index contributed by atoms with van der Waals surface area (Å²) in [5.41, 5.74) is 0.781. The van der Waals surface area contributed by atoms with Crippen molar-refractivity contribution in [3.05, 3.63) is 23.8 Å². The van der Waals surface area contributed by atoms with Crippen LogP contribution in [0.2, 0.25) is 0 Å². The van der Waals surface area contributed by atoms with Gasteiger partial charge in [0.2, 0.25) is 0 Å². The lowest BCUT2D eigenvalue weighted by Crippen LogP contribution is -2.42. The number of para-hydroxylation sites is 1. The van der Waals surface area contributed by atoms with Gasteiger partial charge in [0, 0.05) is 36.2 Å². The lowest BCUT2D eigenvalue weighted by Gasteiger charge is -2.34. The molecule has 0 amide bonds. The molecular weight excluding hydrogens is 290 g/mol. The Morgan fingerprint density at radius 3 is 3.05 bits per heavy atom. The predicted octanol–water partition coefficient (Wildman–Crippen LogP) is 2.18. The molecule has 1 aromatic carbocycles. The molecule has 1 aliphatic heterocycles. The summed E-state index contributed by atoms with van der Waals surface area (Å²) in [6.07, 6.45) is 0.138. The molecule has 1 atom stereocenters. The molecule has 1 aliphatic rings. The molecule has 0 aliphatic carbocycles. The molecule has 2 rings (SSSR count). The number of phenolic OH excluding ortho intramolecular Hbond substituents is 1. The summed E-state index contributed by atoms with van der Waals surface area (Å²) in [6.45, 7) is 3.75. The average Bonchev–Trinajstić information content (AvgIpc) is 2.45. The molecule has 1 saturated heterocycles. The van der Waals surface area contributed by atoms with Crippen molar-refractivity contribution in [2.24, 2.45) is 0 Å². The maximum Gasteiger partial charge on any atom is 0.304 e. The van der Waals surface area contributed by atoms with Gasteiger partial charge in [-0.2, -0.15) is 11.8 Å². The first-order chi connectivity index (χ1) is 10.1. The number of phenols is 1. The Morgan fingerprint density at radius 2 is 2.33 bits per heavy atom. The van der Waals surface area contributed by atoms with Gasteiger partial charge in [0.25, 0.3) is 0 Å². The van der Waals surface area contributed by atoms with Crippen LogP contribution < -0.4 is 4.74 Å². The van der Waals surface area contributed by atoms with Crippen molar-refractivity contribution in [3.63, 3.8) is 0 Å². The summed E-state index contributed by atoms with van der Waals surface area (Å²) < 4.78 is 5.39. The van der Waals surface area contributed by atoms with Gasteiger partial charge in [-0.3, -0.25) is 9.69 Å². The predicted molar refractivity (Wildman–Crippen MR) is 83.1 cm³/mol. The fourth-order valence-electron chi connectivity index (χ4n) is 2.47. The van der Waals surface area contributed by atoms with Crippen LogP contribution in [0.3, 0.4) is 0 Å². The van der Waals surface area contributed by atoms with Gasteiger partial charge >= 0.3 is 5.97 Å². The molecule has 0 spiro atoms. The van der Waals surface area contributed by atoms with Crippen molar-refractivity contribution in [2.45, 2.75) is 25.9 Å². The van der Waals surface area contributed by atoms with E-state index in [1.165, 1.54) is 0 Å². The Labute approximate surface area is 128 Å². The Morgan fingerprint density at radius 1 is 1.52 bits per heavy atom. The molecule has 1 unspecified atom stereocenters. The third-order valence-electron chi connectivity index (χ3n) is 3.52. The van der Waals surface area contributed by atoms with Crippen molar-refractivity contribution in [2.75, 3.05) is 24.7 Å². The number of hydrogen-bond donors (Lipinski definition) is 2. The van der Waals surface area contributed by atoms with Crippen molar-refractivity contribution < 1.29 is 19.7 Å². The molecule has 116 valence electrons. The molecule has 0 aromatic heterocycles. The maximum absolute atomic E-state index is 11.0. The zero-order valence-electron chi connectivity index (χ0n) is 12.1. The van der Waals surface area contributed by atoms with Gasteiger partial charge in [0.15, 0.2) is 11.5 Å². The first-order valence-corrected chi connectivity index (χ1v) is 8.24. The van der Waals surface area contributed by atoms with Gasteiger partial charge in [-0.05, 0) is 13.0 Å². The molecule has 5 nitrogen and oxygen atoms in total. The molecule has 0 bridgehead atoms. The van der Waals surface area contributed by atoms with E-state index in [2.05, 4.69) is 4.90 Å². The summed E-state index contributed by atoms with van der Waals surface area (Å²) in [5, 5.41) is 19.3. The van der Waals surface area contributed by atoms with Gasteiger partial charge in [0.1, 0.15) is 0 Å². The van der Waals surface area contributed by atoms with Crippen LogP contribution in [0.5, 0.6) is 11.5 Å². The van der Waals surface area contributed by atoms with E-state index in [1.807, 2.05) is 19.1 Å². The number of carbonyl (C=O) groups is 1. The number of ether oxygens (including phenoxy) is 1. The Kier molecular flexibility index (Phi) is 5.76. The van der Waals surface area contributed by atoms with E-state index >= 15 is 0 Å². The molecule has 0 radical (unpaired) electrons. The second-order valence-corrected chi connectivity index (χ2v) is 6.14. The minimum atomic E-state index is -0.778. The number of aliphatic carboxylic acids is 1. The fraction of sp³-hybridized carbons (Fsp3) is 0.533. The number of carboxylic acids is 1. The molecule has 1 heterocycles. The maximum atomic E-state index is 11.0. The normalized spacial score (nSPS) is 19.4. The average molecular weight is 311 g/mol. The molecule has 2 N–H and O–H groups in total. The van der Waals surface area contributed by atoms with Gasteiger partial charge in [0.05, 0.1) is 13.0 Å². The Bertz CT molecular complexity index is 495. The number of benzene rings is 1. The van der Waals surface area contributed by atoms with Crippen LogP contribution in [0, 0.1) is 0 Å². The summed E-state index contributed by atoms with van der Waals surface area (Å²) >= 11 is 1.78. The minimum Gasteiger partial charge on any atom is -0.504 e. The zero-order chi connectivity index (χ0) is 15.2. The molecule has 1 fully saturated rings. The molecule has 0 saturated carbocycles. The molecule has 6 heteroatoms. The zero-order valence-corrected chi connectivity index (χ0v) is 12.9. The number of carboxylic acid groups (broad SMARTS) is 1. The van der Waals surface area contributed by atoms with E-state index in [-0.39, 0.29) is 18.2 Å². The Balaban J connectivity index is 2.11.